The highest BCUT2D eigenvalue weighted by Gasteiger charge is 2.30. The molecule has 1 saturated heterocycles. The van der Waals surface area contributed by atoms with Crippen LogP contribution in [0.4, 0.5) is 0 Å². The average Bonchev–Trinajstić information content (AvgIpc) is 2.90. The van der Waals surface area contributed by atoms with Gasteiger partial charge in [0, 0.05) is 18.6 Å². The summed E-state index contributed by atoms with van der Waals surface area (Å²) in [5.74, 6) is -0.261. The first-order valence-corrected chi connectivity index (χ1v) is 10.1. The second kappa shape index (κ2) is 6.62. The highest BCUT2D eigenvalue weighted by atomic mass is 32.2. The first kappa shape index (κ1) is 15.9. The number of hydrogen-bond acceptors (Lipinski definition) is 5. The summed E-state index contributed by atoms with van der Waals surface area (Å²) in [7, 11) is -4.10. The Hall–Kier alpha value is -1.02. The van der Waals surface area contributed by atoms with Gasteiger partial charge < -0.3 is 9.45 Å². The van der Waals surface area contributed by atoms with Crippen molar-refractivity contribution >= 4 is 31.7 Å². The van der Waals surface area contributed by atoms with Crippen molar-refractivity contribution in [2.24, 2.45) is 0 Å². The molecule has 2 atom stereocenters. The standard InChI is InChI=1S/C15H20N2O3S2/c18-22(19,20)11-5-10-17-9-4-3-7-13(17)15-16-12-6-1-2-8-14(12)21-15/h1-2,6,8,13H,3-5,7,9-11H2,(H,18,19,20)/t13-/m1/s1. The fourth-order valence-electron chi connectivity index (χ4n) is 3.19. The van der Waals surface area contributed by atoms with Crippen molar-refractivity contribution in [1.82, 2.24) is 4.98 Å². The van der Waals surface area contributed by atoms with E-state index in [2.05, 4.69) is 6.07 Å². The molecule has 120 valence electrons. The number of likely N-dealkylation sites (tertiary alicyclic amines) is 1. The van der Waals surface area contributed by atoms with Gasteiger partial charge in [0.15, 0.2) is 5.01 Å². The van der Waals surface area contributed by atoms with Gasteiger partial charge in [-0.25, -0.2) is 13.4 Å². The minimum absolute atomic E-state index is 0.261. The van der Waals surface area contributed by atoms with Crippen LogP contribution in [0, 0.1) is 0 Å². The van der Waals surface area contributed by atoms with Gasteiger partial charge in [-0.2, -0.15) is 0 Å². The molecule has 0 aliphatic carbocycles. The number of aromatic nitrogens is 1. The summed E-state index contributed by atoms with van der Waals surface area (Å²) in [5, 5.41) is 1.14. The average molecular weight is 340 g/mol. The Morgan fingerprint density at radius 1 is 1.32 bits per heavy atom. The molecule has 0 amide bonds. The molecule has 1 unspecified atom stereocenters. The van der Waals surface area contributed by atoms with Gasteiger partial charge in [0.25, 0.3) is 0 Å². The van der Waals surface area contributed by atoms with E-state index in [1.165, 1.54) is 16.0 Å². The lowest BCUT2D eigenvalue weighted by Gasteiger charge is -2.31. The number of nitrogens with one attached hydrogen (secondary N) is 1. The molecule has 1 aromatic carbocycles. The van der Waals surface area contributed by atoms with E-state index in [9.17, 15) is 13.0 Å². The summed E-state index contributed by atoms with van der Waals surface area (Å²) >= 11 is 1.73. The zero-order valence-corrected chi connectivity index (χ0v) is 14.0. The lowest BCUT2D eigenvalue weighted by Crippen LogP contribution is -3.13. The number of thiazole rings is 1. The van der Waals surface area contributed by atoms with Crippen molar-refractivity contribution in [2.45, 2.75) is 31.7 Å². The number of piperidine rings is 1. The Labute approximate surface area is 134 Å². The van der Waals surface area contributed by atoms with Crippen LogP contribution in [-0.4, -0.2) is 36.8 Å². The van der Waals surface area contributed by atoms with Gasteiger partial charge in [0.1, 0.15) is 6.04 Å². The van der Waals surface area contributed by atoms with E-state index in [1.54, 1.807) is 11.3 Å². The van der Waals surface area contributed by atoms with Gasteiger partial charge in [-0.1, -0.05) is 12.1 Å². The van der Waals surface area contributed by atoms with E-state index in [4.69, 9.17) is 4.98 Å². The maximum absolute atomic E-state index is 10.8. The van der Waals surface area contributed by atoms with Crippen molar-refractivity contribution in [2.75, 3.05) is 18.8 Å². The third-order valence-corrected chi connectivity index (χ3v) is 6.17. The van der Waals surface area contributed by atoms with Crippen molar-refractivity contribution < 1.29 is 17.9 Å². The lowest BCUT2D eigenvalue weighted by molar-refractivity contribution is -0.937. The molecule has 3 rings (SSSR count). The second-order valence-corrected chi connectivity index (χ2v) is 8.43. The van der Waals surface area contributed by atoms with E-state index in [0.29, 0.717) is 12.5 Å². The fraction of sp³-hybridized carbons (Fsp3) is 0.533. The highest BCUT2D eigenvalue weighted by molar-refractivity contribution is 7.85. The van der Waals surface area contributed by atoms with E-state index in [0.717, 1.165) is 36.5 Å². The van der Waals surface area contributed by atoms with Crippen LogP contribution in [0.2, 0.25) is 0 Å². The number of quaternary nitrogens is 1. The number of benzene rings is 1. The summed E-state index contributed by atoms with van der Waals surface area (Å²) < 4.78 is 33.5. The molecule has 1 fully saturated rings. The van der Waals surface area contributed by atoms with Crippen molar-refractivity contribution in [3.63, 3.8) is 0 Å². The van der Waals surface area contributed by atoms with Crippen LogP contribution in [-0.2, 0) is 10.1 Å². The number of hydrogen-bond donors (Lipinski definition) is 1. The van der Waals surface area contributed by atoms with Gasteiger partial charge in [0.05, 0.1) is 33.4 Å². The van der Waals surface area contributed by atoms with Crippen molar-refractivity contribution in [1.29, 1.82) is 0 Å². The van der Waals surface area contributed by atoms with Crippen molar-refractivity contribution in [3.8, 4) is 0 Å². The predicted molar refractivity (Wildman–Crippen MR) is 86.1 cm³/mol. The van der Waals surface area contributed by atoms with Crippen LogP contribution < -0.4 is 4.90 Å². The molecule has 0 radical (unpaired) electrons. The van der Waals surface area contributed by atoms with Crippen LogP contribution in [0.5, 0.6) is 0 Å². The van der Waals surface area contributed by atoms with Gasteiger partial charge in [0.2, 0.25) is 0 Å². The maximum atomic E-state index is 10.8. The SMILES string of the molecule is O=S(=O)([O-])CCC[NH+]1CCCC[C@@H]1c1nc2ccccc2s1. The summed E-state index contributed by atoms with van der Waals surface area (Å²) in [4.78, 5) is 6.13. The van der Waals surface area contributed by atoms with E-state index >= 15 is 0 Å². The Morgan fingerprint density at radius 2 is 2.14 bits per heavy atom. The molecule has 1 aromatic heterocycles. The molecule has 1 N–H and O–H groups in total. The zero-order valence-electron chi connectivity index (χ0n) is 12.3. The first-order valence-electron chi connectivity index (χ1n) is 7.66. The summed E-state index contributed by atoms with van der Waals surface area (Å²) in [6.07, 6.45) is 3.85. The molecular formula is C15H20N2O3S2. The minimum atomic E-state index is -4.10. The molecule has 5 nitrogen and oxygen atoms in total. The third-order valence-electron chi connectivity index (χ3n) is 4.23. The molecule has 22 heavy (non-hydrogen) atoms. The molecule has 7 heteroatoms. The molecule has 2 heterocycles. The molecule has 1 aliphatic heterocycles. The van der Waals surface area contributed by atoms with Crippen LogP contribution in [0.15, 0.2) is 24.3 Å². The lowest BCUT2D eigenvalue weighted by atomic mass is 10.0. The number of fused-ring (bicyclic) bond motifs is 1. The fourth-order valence-corrected chi connectivity index (χ4v) is 4.85. The molecule has 0 spiro atoms. The van der Waals surface area contributed by atoms with Crippen LogP contribution in [0.3, 0.4) is 0 Å². The third kappa shape index (κ3) is 3.84. The second-order valence-electron chi connectivity index (χ2n) is 5.84. The topological polar surface area (TPSA) is 74.5 Å². The van der Waals surface area contributed by atoms with E-state index < -0.39 is 10.1 Å². The maximum Gasteiger partial charge on any atom is 0.151 e. The monoisotopic (exact) mass is 340 g/mol. The smallest absolute Gasteiger partial charge is 0.151 e. The van der Waals surface area contributed by atoms with Gasteiger partial charge >= 0.3 is 0 Å². The predicted octanol–water partition coefficient (Wildman–Crippen LogP) is 1.34. The summed E-state index contributed by atoms with van der Waals surface area (Å²) in [6, 6.07) is 8.47. The number of para-hydroxylation sites is 1. The number of rotatable bonds is 5. The van der Waals surface area contributed by atoms with Crippen LogP contribution in [0.25, 0.3) is 10.2 Å². The largest absolute Gasteiger partial charge is 0.748 e. The van der Waals surface area contributed by atoms with E-state index in [1.807, 2.05) is 18.2 Å². The first-order chi connectivity index (χ1) is 10.5. The Balaban J connectivity index is 1.74. The van der Waals surface area contributed by atoms with Gasteiger partial charge in [-0.3, -0.25) is 0 Å². The minimum Gasteiger partial charge on any atom is -0.748 e. The highest BCUT2D eigenvalue weighted by Crippen LogP contribution is 2.28. The number of nitrogens with zero attached hydrogens (tertiary/aromatic N) is 1. The van der Waals surface area contributed by atoms with Crippen LogP contribution in [0.1, 0.15) is 36.7 Å². The zero-order chi connectivity index (χ0) is 15.6. The molecule has 1 aliphatic rings. The van der Waals surface area contributed by atoms with Crippen LogP contribution >= 0.6 is 11.3 Å². The molecule has 2 aromatic rings. The summed E-state index contributed by atoms with van der Waals surface area (Å²) in [5.41, 5.74) is 1.04. The van der Waals surface area contributed by atoms with Gasteiger partial charge in [-0.15, -0.1) is 11.3 Å². The normalized spacial score (nSPS) is 23.0. The van der Waals surface area contributed by atoms with Gasteiger partial charge in [-0.05, 0) is 25.0 Å². The van der Waals surface area contributed by atoms with Crippen molar-refractivity contribution in [3.05, 3.63) is 29.3 Å². The quantitative estimate of drug-likeness (QED) is 0.834. The molecular weight excluding hydrogens is 320 g/mol. The molecule has 0 saturated carbocycles. The molecule has 0 bridgehead atoms. The summed E-state index contributed by atoms with van der Waals surface area (Å²) in [6.45, 7) is 1.75. The Bertz CT molecular complexity index is 709. The van der Waals surface area contributed by atoms with E-state index in [-0.39, 0.29) is 5.75 Å². The Morgan fingerprint density at radius 3 is 2.91 bits per heavy atom. The Kier molecular flexibility index (Phi) is 4.77.